The first-order valence-electron chi connectivity index (χ1n) is 6.11. The van der Waals surface area contributed by atoms with Gasteiger partial charge >= 0.3 is 0 Å². The van der Waals surface area contributed by atoms with E-state index in [1.165, 1.54) is 11.0 Å². The first-order valence-corrected chi connectivity index (χ1v) is 6.11. The molecule has 2 aromatic heterocycles. The van der Waals surface area contributed by atoms with Crippen LogP contribution >= 0.6 is 0 Å². The second-order valence-electron chi connectivity index (χ2n) is 4.29. The van der Waals surface area contributed by atoms with Crippen molar-refractivity contribution in [2.75, 3.05) is 0 Å². The van der Waals surface area contributed by atoms with E-state index in [0.29, 0.717) is 12.1 Å². The van der Waals surface area contributed by atoms with Gasteiger partial charge in [-0.2, -0.15) is 5.10 Å². The van der Waals surface area contributed by atoms with E-state index in [1.807, 2.05) is 18.2 Å². The van der Waals surface area contributed by atoms with Gasteiger partial charge in [0.05, 0.1) is 12.7 Å². The largest absolute Gasteiger partial charge is 0.292 e. The molecule has 0 N–H and O–H groups in total. The third-order valence-corrected chi connectivity index (χ3v) is 2.78. The van der Waals surface area contributed by atoms with Crippen molar-refractivity contribution >= 4 is 5.78 Å². The van der Waals surface area contributed by atoms with Gasteiger partial charge in [-0.15, -0.1) is 5.10 Å². The molecule has 0 amide bonds. The molecule has 3 aromatic rings. The van der Waals surface area contributed by atoms with Crippen LogP contribution in [0.15, 0.2) is 49.2 Å². The molecule has 7 heteroatoms. The second-order valence-corrected chi connectivity index (χ2v) is 4.29. The number of carbonyl (C=O) groups is 1. The molecule has 0 saturated carbocycles. The average molecular weight is 268 g/mol. The van der Waals surface area contributed by atoms with E-state index < -0.39 is 0 Å². The second kappa shape index (κ2) is 5.43. The van der Waals surface area contributed by atoms with Gasteiger partial charge < -0.3 is 0 Å². The van der Waals surface area contributed by atoms with Crippen LogP contribution in [0.25, 0.3) is 0 Å². The Bertz CT molecular complexity index is 689. The van der Waals surface area contributed by atoms with Gasteiger partial charge in [0.15, 0.2) is 5.78 Å². The van der Waals surface area contributed by atoms with Crippen molar-refractivity contribution in [2.24, 2.45) is 0 Å². The third-order valence-electron chi connectivity index (χ3n) is 2.78. The zero-order valence-electron chi connectivity index (χ0n) is 10.6. The van der Waals surface area contributed by atoms with Crippen molar-refractivity contribution in [1.82, 2.24) is 29.8 Å². The Morgan fingerprint density at radius 2 is 2.00 bits per heavy atom. The fourth-order valence-electron chi connectivity index (χ4n) is 1.83. The van der Waals surface area contributed by atoms with Crippen LogP contribution in [0.5, 0.6) is 0 Å². The quantitative estimate of drug-likeness (QED) is 0.639. The summed E-state index contributed by atoms with van der Waals surface area (Å²) < 4.78 is 3.18. The van der Waals surface area contributed by atoms with Crippen molar-refractivity contribution in [3.05, 3.63) is 60.4 Å². The molecular formula is C13H12N6O. The van der Waals surface area contributed by atoms with Crippen LogP contribution in [0, 0.1) is 0 Å². The summed E-state index contributed by atoms with van der Waals surface area (Å²) in [5, 5.41) is 11.9. The summed E-state index contributed by atoms with van der Waals surface area (Å²) in [7, 11) is 0. The summed E-state index contributed by atoms with van der Waals surface area (Å²) in [6.45, 7) is 0.661. The summed E-state index contributed by atoms with van der Waals surface area (Å²) in [5.41, 5.74) is 1.40. The van der Waals surface area contributed by atoms with E-state index in [9.17, 15) is 4.79 Å². The lowest BCUT2D eigenvalue weighted by Gasteiger charge is -1.99. The summed E-state index contributed by atoms with van der Waals surface area (Å²) in [6, 6.07) is 9.13. The lowest BCUT2D eigenvalue weighted by atomic mass is 10.1. The summed E-state index contributed by atoms with van der Waals surface area (Å²) in [5.74, 6) is 0.00260. The lowest BCUT2D eigenvalue weighted by Crippen LogP contribution is -2.10. The number of carbonyl (C=O) groups excluding carboxylic acids is 1. The number of benzene rings is 1. The Kier molecular flexibility index (Phi) is 3.32. The van der Waals surface area contributed by atoms with Crippen molar-refractivity contribution < 1.29 is 4.79 Å². The summed E-state index contributed by atoms with van der Waals surface area (Å²) >= 11 is 0. The van der Waals surface area contributed by atoms with Gasteiger partial charge in [0.25, 0.3) is 0 Å². The zero-order chi connectivity index (χ0) is 13.8. The van der Waals surface area contributed by atoms with Gasteiger partial charge in [-0.25, -0.2) is 14.3 Å². The van der Waals surface area contributed by atoms with Crippen molar-refractivity contribution in [2.45, 2.75) is 13.1 Å². The molecule has 20 heavy (non-hydrogen) atoms. The molecule has 2 heterocycles. The summed E-state index contributed by atoms with van der Waals surface area (Å²) in [4.78, 5) is 15.9. The Morgan fingerprint density at radius 1 is 1.15 bits per heavy atom. The predicted molar refractivity (Wildman–Crippen MR) is 69.9 cm³/mol. The van der Waals surface area contributed by atoms with Crippen LogP contribution in [0.1, 0.15) is 16.1 Å². The van der Waals surface area contributed by atoms with Gasteiger partial charge in [0.2, 0.25) is 0 Å². The maximum absolute atomic E-state index is 12.0. The van der Waals surface area contributed by atoms with Gasteiger partial charge in [0, 0.05) is 5.56 Å². The smallest absolute Gasteiger partial charge is 0.184 e. The molecule has 7 nitrogen and oxygen atoms in total. The number of ketones is 1. The van der Waals surface area contributed by atoms with E-state index in [4.69, 9.17) is 0 Å². The van der Waals surface area contributed by atoms with Gasteiger partial charge in [-0.1, -0.05) is 35.5 Å². The fourth-order valence-corrected chi connectivity index (χ4v) is 1.83. The molecule has 100 valence electrons. The van der Waals surface area contributed by atoms with E-state index in [1.54, 1.807) is 29.3 Å². The molecule has 0 aliphatic heterocycles. The molecule has 3 rings (SSSR count). The minimum absolute atomic E-state index is 0.00260. The molecule has 0 bridgehead atoms. The average Bonchev–Trinajstić information content (AvgIpc) is 3.12. The standard InChI is InChI=1S/C13H12N6O/c20-13(11-4-2-1-3-5-11)8-18-6-12(16-17-18)7-19-10-14-9-15-19/h1-6,9-10H,7-8H2. The fraction of sp³-hybridized carbons (Fsp3) is 0.154. The van der Waals surface area contributed by atoms with Crippen molar-refractivity contribution in [3.8, 4) is 0 Å². The van der Waals surface area contributed by atoms with Gasteiger partial charge in [-0.05, 0) is 0 Å². The number of hydrogen-bond donors (Lipinski definition) is 0. The Morgan fingerprint density at radius 3 is 2.75 bits per heavy atom. The molecule has 0 fully saturated rings. The normalized spacial score (nSPS) is 10.6. The third kappa shape index (κ3) is 2.77. The maximum Gasteiger partial charge on any atom is 0.184 e. The first kappa shape index (κ1) is 12.2. The topological polar surface area (TPSA) is 78.5 Å². The molecule has 0 saturated heterocycles. The number of rotatable bonds is 5. The van der Waals surface area contributed by atoms with Crippen LogP contribution in [0.4, 0.5) is 0 Å². The number of Topliss-reactive ketones (excluding diaryl/α,β-unsaturated/α-hetero) is 1. The van der Waals surface area contributed by atoms with E-state index in [0.717, 1.165) is 5.69 Å². The first-order chi connectivity index (χ1) is 9.81. The molecule has 0 radical (unpaired) electrons. The molecule has 0 aliphatic carbocycles. The van der Waals surface area contributed by atoms with Crippen LogP contribution in [0.3, 0.4) is 0 Å². The highest BCUT2D eigenvalue weighted by Gasteiger charge is 2.08. The summed E-state index contributed by atoms with van der Waals surface area (Å²) in [6.07, 6.45) is 4.81. The molecule has 1 aromatic carbocycles. The minimum Gasteiger partial charge on any atom is -0.292 e. The van der Waals surface area contributed by atoms with Crippen molar-refractivity contribution in [3.63, 3.8) is 0 Å². The van der Waals surface area contributed by atoms with Gasteiger partial charge in [-0.3, -0.25) is 4.79 Å². The van der Waals surface area contributed by atoms with Crippen LogP contribution in [0.2, 0.25) is 0 Å². The predicted octanol–water partition coefficient (Wildman–Crippen LogP) is 0.801. The Labute approximate surface area is 114 Å². The molecular weight excluding hydrogens is 256 g/mol. The van der Waals surface area contributed by atoms with Crippen LogP contribution in [-0.4, -0.2) is 35.5 Å². The van der Waals surface area contributed by atoms with Gasteiger partial charge in [0.1, 0.15) is 24.9 Å². The molecule has 0 unspecified atom stereocenters. The highest BCUT2D eigenvalue weighted by atomic mass is 16.1. The number of nitrogens with zero attached hydrogens (tertiary/aromatic N) is 6. The van der Waals surface area contributed by atoms with E-state index >= 15 is 0 Å². The highest BCUT2D eigenvalue weighted by Crippen LogP contribution is 2.03. The highest BCUT2D eigenvalue weighted by molar-refractivity contribution is 5.95. The Balaban J connectivity index is 1.67. The zero-order valence-corrected chi connectivity index (χ0v) is 10.6. The number of hydrogen-bond acceptors (Lipinski definition) is 5. The Hall–Kier alpha value is -2.83. The van der Waals surface area contributed by atoms with Crippen LogP contribution in [-0.2, 0) is 13.1 Å². The molecule has 0 atom stereocenters. The van der Waals surface area contributed by atoms with E-state index in [-0.39, 0.29) is 12.3 Å². The van der Waals surface area contributed by atoms with Crippen molar-refractivity contribution in [1.29, 1.82) is 0 Å². The SMILES string of the molecule is O=C(Cn1cc(Cn2cncn2)nn1)c1ccccc1. The molecule has 0 aliphatic rings. The minimum atomic E-state index is 0.00260. The maximum atomic E-state index is 12.0. The molecule has 0 spiro atoms. The van der Waals surface area contributed by atoms with Crippen LogP contribution < -0.4 is 0 Å². The monoisotopic (exact) mass is 268 g/mol. The van der Waals surface area contributed by atoms with E-state index in [2.05, 4.69) is 20.4 Å². The number of aromatic nitrogens is 6. The lowest BCUT2D eigenvalue weighted by molar-refractivity contribution is 0.0967.